The standard InChI is InChI=1S/C26H30N2O5S/c1-3-9-21(24(29)28-22(25(30)31)15-34-23(28)4-2)27-26(32)33-14-20-18-12-7-5-10-16(18)17-11-6-8-13-19(17)20/h5-8,10-13,20-23H,3-4,9,14-15H2,1-2H3,(H,27,32)(H,30,31)/t21-,22?,23?/m1/s1. The van der Waals surface area contributed by atoms with Crippen molar-refractivity contribution in [1.29, 1.82) is 0 Å². The van der Waals surface area contributed by atoms with Crippen molar-refractivity contribution < 1.29 is 24.2 Å². The van der Waals surface area contributed by atoms with Gasteiger partial charge in [-0.15, -0.1) is 11.8 Å². The predicted octanol–water partition coefficient (Wildman–Crippen LogP) is 4.46. The summed E-state index contributed by atoms with van der Waals surface area (Å²) in [5.74, 6) is -1.11. The molecule has 4 rings (SSSR count). The second-order valence-corrected chi connectivity index (χ2v) is 9.82. The van der Waals surface area contributed by atoms with Crippen molar-refractivity contribution >= 4 is 29.7 Å². The summed E-state index contributed by atoms with van der Waals surface area (Å²) in [6.07, 6.45) is 1.05. The molecule has 0 radical (unpaired) electrons. The van der Waals surface area contributed by atoms with E-state index in [2.05, 4.69) is 17.4 Å². The Labute approximate surface area is 203 Å². The van der Waals surface area contributed by atoms with Gasteiger partial charge >= 0.3 is 12.1 Å². The first-order chi connectivity index (χ1) is 16.5. The molecule has 2 N–H and O–H groups in total. The number of fused-ring (bicyclic) bond motifs is 3. The molecule has 2 unspecified atom stereocenters. The zero-order chi connectivity index (χ0) is 24.2. The van der Waals surface area contributed by atoms with E-state index in [0.29, 0.717) is 25.0 Å². The van der Waals surface area contributed by atoms with Crippen LogP contribution in [0.1, 0.15) is 50.2 Å². The average molecular weight is 483 g/mol. The maximum absolute atomic E-state index is 13.3. The van der Waals surface area contributed by atoms with E-state index in [4.69, 9.17) is 4.74 Å². The van der Waals surface area contributed by atoms with Crippen molar-refractivity contribution in [2.45, 2.75) is 56.5 Å². The third-order valence-electron chi connectivity index (χ3n) is 6.49. The molecular formula is C26H30N2O5S. The van der Waals surface area contributed by atoms with E-state index in [1.165, 1.54) is 16.7 Å². The molecule has 8 heteroatoms. The van der Waals surface area contributed by atoms with E-state index in [1.54, 1.807) is 0 Å². The molecule has 0 aromatic heterocycles. The maximum Gasteiger partial charge on any atom is 0.407 e. The summed E-state index contributed by atoms with van der Waals surface area (Å²) in [7, 11) is 0. The summed E-state index contributed by atoms with van der Waals surface area (Å²) >= 11 is 1.46. The number of carbonyl (C=O) groups excluding carboxylic acids is 2. The van der Waals surface area contributed by atoms with Gasteiger partial charge in [0, 0.05) is 11.7 Å². The number of amides is 2. The number of nitrogens with one attached hydrogen (secondary N) is 1. The van der Waals surface area contributed by atoms with Crippen LogP contribution in [0.15, 0.2) is 48.5 Å². The zero-order valence-corrected chi connectivity index (χ0v) is 20.2. The lowest BCUT2D eigenvalue weighted by Gasteiger charge is -2.30. The Hall–Kier alpha value is -3.00. The highest BCUT2D eigenvalue weighted by molar-refractivity contribution is 8.00. The first kappa shape index (κ1) is 24.1. The fourth-order valence-electron chi connectivity index (χ4n) is 4.87. The van der Waals surface area contributed by atoms with Gasteiger partial charge in [-0.05, 0) is 35.1 Å². The van der Waals surface area contributed by atoms with Crippen molar-refractivity contribution in [2.24, 2.45) is 0 Å². The number of carbonyl (C=O) groups is 3. The molecule has 2 aromatic rings. The molecule has 7 nitrogen and oxygen atoms in total. The maximum atomic E-state index is 13.3. The average Bonchev–Trinajstić information content (AvgIpc) is 3.41. The Morgan fingerprint density at radius 2 is 1.71 bits per heavy atom. The van der Waals surface area contributed by atoms with Gasteiger partial charge in [0.05, 0.1) is 5.37 Å². The van der Waals surface area contributed by atoms with Crippen LogP contribution in [-0.2, 0) is 14.3 Å². The Morgan fingerprint density at radius 1 is 1.09 bits per heavy atom. The molecule has 1 fully saturated rings. The quantitative estimate of drug-likeness (QED) is 0.577. The van der Waals surface area contributed by atoms with Crippen LogP contribution >= 0.6 is 11.8 Å². The van der Waals surface area contributed by atoms with Gasteiger partial charge in [0.2, 0.25) is 5.91 Å². The lowest BCUT2D eigenvalue weighted by atomic mass is 9.98. The van der Waals surface area contributed by atoms with Gasteiger partial charge in [0.25, 0.3) is 0 Å². The molecule has 34 heavy (non-hydrogen) atoms. The lowest BCUT2D eigenvalue weighted by molar-refractivity contribution is -0.150. The van der Waals surface area contributed by atoms with Crippen LogP contribution in [0.2, 0.25) is 0 Å². The lowest BCUT2D eigenvalue weighted by Crippen LogP contribution is -2.54. The summed E-state index contributed by atoms with van der Waals surface area (Å²) < 4.78 is 5.61. The normalized spacial score (nSPS) is 19.9. The fourth-order valence-corrected chi connectivity index (χ4v) is 6.23. The number of hydrogen-bond donors (Lipinski definition) is 2. The molecule has 0 bridgehead atoms. The highest BCUT2D eigenvalue weighted by Crippen LogP contribution is 2.44. The highest BCUT2D eigenvalue weighted by atomic mass is 32.2. The molecule has 1 saturated heterocycles. The summed E-state index contributed by atoms with van der Waals surface area (Å²) in [5.41, 5.74) is 4.51. The summed E-state index contributed by atoms with van der Waals surface area (Å²) in [5, 5.41) is 12.1. The topological polar surface area (TPSA) is 95.9 Å². The van der Waals surface area contributed by atoms with Gasteiger partial charge in [-0.1, -0.05) is 68.8 Å². The first-order valence-electron chi connectivity index (χ1n) is 11.7. The predicted molar refractivity (Wildman–Crippen MR) is 132 cm³/mol. The Morgan fingerprint density at radius 3 is 2.26 bits per heavy atom. The minimum atomic E-state index is -1.02. The van der Waals surface area contributed by atoms with Crippen LogP contribution in [0, 0.1) is 0 Å². The van der Waals surface area contributed by atoms with E-state index >= 15 is 0 Å². The minimum absolute atomic E-state index is 0.0747. The van der Waals surface area contributed by atoms with Gasteiger partial charge < -0.3 is 20.1 Å². The van der Waals surface area contributed by atoms with Gasteiger partial charge in [-0.25, -0.2) is 9.59 Å². The Balaban J connectivity index is 1.45. The third kappa shape index (κ3) is 4.64. The van der Waals surface area contributed by atoms with E-state index in [1.807, 2.05) is 50.2 Å². The number of hydrogen-bond acceptors (Lipinski definition) is 5. The SMILES string of the molecule is CCC[C@@H](NC(=O)OCC1c2ccccc2-c2ccccc21)C(=O)N1C(CC)SCC1C(=O)O. The molecule has 2 aromatic carbocycles. The van der Waals surface area contributed by atoms with E-state index in [-0.39, 0.29) is 23.8 Å². The van der Waals surface area contributed by atoms with Crippen LogP contribution < -0.4 is 5.32 Å². The van der Waals surface area contributed by atoms with Gasteiger partial charge in [-0.3, -0.25) is 4.79 Å². The fraction of sp³-hybridized carbons (Fsp3) is 0.423. The van der Waals surface area contributed by atoms with Gasteiger partial charge in [-0.2, -0.15) is 0 Å². The number of alkyl carbamates (subject to hydrolysis) is 1. The Bertz CT molecular complexity index is 1030. The van der Waals surface area contributed by atoms with Gasteiger partial charge in [0.15, 0.2) is 0 Å². The number of benzene rings is 2. The second kappa shape index (κ2) is 10.5. The Kier molecular flexibility index (Phi) is 7.46. The van der Waals surface area contributed by atoms with Crippen LogP contribution in [0.25, 0.3) is 11.1 Å². The van der Waals surface area contributed by atoms with Crippen molar-refractivity contribution in [3.05, 3.63) is 59.7 Å². The van der Waals surface area contributed by atoms with Crippen molar-refractivity contribution in [3.63, 3.8) is 0 Å². The van der Waals surface area contributed by atoms with Crippen molar-refractivity contribution in [1.82, 2.24) is 10.2 Å². The number of thioether (sulfide) groups is 1. The highest BCUT2D eigenvalue weighted by Gasteiger charge is 2.43. The second-order valence-electron chi connectivity index (χ2n) is 8.61. The van der Waals surface area contributed by atoms with Gasteiger partial charge in [0.1, 0.15) is 18.7 Å². The summed E-state index contributed by atoms with van der Waals surface area (Å²) in [6, 6.07) is 14.5. The van der Waals surface area contributed by atoms with Crippen LogP contribution in [0.4, 0.5) is 4.79 Å². The van der Waals surface area contributed by atoms with Crippen LogP contribution in [-0.4, -0.2) is 57.8 Å². The number of carboxylic acid groups (broad SMARTS) is 1. The minimum Gasteiger partial charge on any atom is -0.480 e. The molecule has 0 saturated carbocycles. The van der Waals surface area contributed by atoms with E-state index in [0.717, 1.165) is 22.3 Å². The number of aliphatic carboxylic acids is 1. The van der Waals surface area contributed by atoms with Crippen molar-refractivity contribution in [3.8, 4) is 11.1 Å². The van der Waals surface area contributed by atoms with Crippen LogP contribution in [0.5, 0.6) is 0 Å². The molecule has 2 aliphatic rings. The molecule has 1 aliphatic heterocycles. The molecular weight excluding hydrogens is 452 g/mol. The molecule has 3 atom stereocenters. The number of carboxylic acids is 1. The van der Waals surface area contributed by atoms with Crippen LogP contribution in [0.3, 0.4) is 0 Å². The van der Waals surface area contributed by atoms with E-state index < -0.39 is 24.1 Å². The zero-order valence-electron chi connectivity index (χ0n) is 19.4. The number of ether oxygens (including phenoxy) is 1. The molecule has 0 spiro atoms. The molecule has 2 amide bonds. The largest absolute Gasteiger partial charge is 0.480 e. The summed E-state index contributed by atoms with van der Waals surface area (Å²) in [4.78, 5) is 39.2. The molecule has 1 heterocycles. The molecule has 180 valence electrons. The number of nitrogens with zero attached hydrogens (tertiary/aromatic N) is 1. The van der Waals surface area contributed by atoms with E-state index in [9.17, 15) is 19.5 Å². The monoisotopic (exact) mass is 482 g/mol. The third-order valence-corrected chi connectivity index (χ3v) is 7.95. The number of rotatable bonds is 8. The molecule has 1 aliphatic carbocycles. The van der Waals surface area contributed by atoms with Crippen molar-refractivity contribution in [2.75, 3.05) is 12.4 Å². The smallest absolute Gasteiger partial charge is 0.407 e. The first-order valence-corrected chi connectivity index (χ1v) is 12.8. The summed E-state index contributed by atoms with van der Waals surface area (Å²) in [6.45, 7) is 4.00.